The highest BCUT2D eigenvalue weighted by molar-refractivity contribution is 9.10. The Morgan fingerprint density at radius 2 is 1.30 bits per heavy atom. The third kappa shape index (κ3) is 11.2. The summed E-state index contributed by atoms with van der Waals surface area (Å²) in [5, 5.41) is 2.76. The molecule has 0 spiro atoms. The summed E-state index contributed by atoms with van der Waals surface area (Å²) in [5.74, 6) is 1.53. The van der Waals surface area contributed by atoms with Gasteiger partial charge in [0, 0.05) is 43.5 Å². The molecule has 2 aromatic carbocycles. The van der Waals surface area contributed by atoms with Crippen molar-refractivity contribution in [3.63, 3.8) is 0 Å². The zero-order valence-electron chi connectivity index (χ0n) is 21.8. The summed E-state index contributed by atoms with van der Waals surface area (Å²) < 4.78 is 13.4. The van der Waals surface area contributed by atoms with Gasteiger partial charge in [0.2, 0.25) is 5.91 Å². The lowest BCUT2D eigenvalue weighted by molar-refractivity contribution is -0.114. The molecule has 9 heteroatoms. The van der Waals surface area contributed by atoms with Crippen LogP contribution in [0, 0.1) is 0 Å². The van der Waals surface area contributed by atoms with Gasteiger partial charge in [0.1, 0.15) is 24.7 Å². The second-order valence-electron chi connectivity index (χ2n) is 9.52. The monoisotopic (exact) mass is 638 g/mol. The number of nitrogen functional groups attached to an aromatic ring is 1. The van der Waals surface area contributed by atoms with Gasteiger partial charge < -0.3 is 20.5 Å². The van der Waals surface area contributed by atoms with Gasteiger partial charge in [-0.05, 0) is 108 Å². The minimum atomic E-state index is -0.0772. The first kappa shape index (κ1) is 29.7. The molecule has 0 bridgehead atoms. The summed E-state index contributed by atoms with van der Waals surface area (Å²) >= 11 is 6.93. The molecule has 2 aromatic rings. The van der Waals surface area contributed by atoms with Crippen LogP contribution in [0.5, 0.6) is 11.5 Å². The first-order valence-corrected chi connectivity index (χ1v) is 14.8. The van der Waals surface area contributed by atoms with E-state index in [1.807, 2.05) is 36.4 Å². The summed E-state index contributed by atoms with van der Waals surface area (Å²) in [4.78, 5) is 16.0. The average Bonchev–Trinajstić information content (AvgIpc) is 2.89. The van der Waals surface area contributed by atoms with E-state index in [1.54, 1.807) is 0 Å². The maximum atomic E-state index is 11.1. The van der Waals surface area contributed by atoms with E-state index < -0.39 is 0 Å². The highest BCUT2D eigenvalue weighted by Crippen LogP contribution is 2.29. The molecule has 0 saturated carbocycles. The van der Waals surface area contributed by atoms with Crippen molar-refractivity contribution in [3.8, 4) is 11.5 Å². The van der Waals surface area contributed by atoms with Gasteiger partial charge in [0.05, 0.1) is 8.95 Å². The van der Waals surface area contributed by atoms with Crippen molar-refractivity contribution in [2.24, 2.45) is 0 Å². The molecule has 0 aliphatic carbocycles. The third-order valence-electron chi connectivity index (χ3n) is 6.43. The number of carbonyl (C=O) groups is 1. The molecular weight excluding hydrogens is 600 g/mol. The smallest absolute Gasteiger partial charge is 0.221 e. The summed E-state index contributed by atoms with van der Waals surface area (Å²) in [5.41, 5.74) is 7.23. The summed E-state index contributed by atoms with van der Waals surface area (Å²) in [7, 11) is 0. The number of benzene rings is 2. The molecule has 2 fully saturated rings. The van der Waals surface area contributed by atoms with Crippen LogP contribution < -0.4 is 20.5 Å². The second kappa shape index (κ2) is 16.2. The van der Waals surface area contributed by atoms with E-state index in [2.05, 4.69) is 47.0 Å². The normalized spacial score (nSPS) is 16.4. The molecule has 0 unspecified atom stereocenters. The maximum Gasteiger partial charge on any atom is 0.221 e. The van der Waals surface area contributed by atoms with Crippen LogP contribution in [-0.2, 0) is 4.79 Å². The number of nitrogens with zero attached hydrogens (tertiary/aromatic N) is 2. The average molecular weight is 640 g/mol. The summed E-state index contributed by atoms with van der Waals surface area (Å²) in [6.45, 7) is 9.62. The van der Waals surface area contributed by atoms with Crippen LogP contribution >= 0.6 is 31.9 Å². The number of nitrogens with two attached hydrogens (primary N) is 1. The molecule has 204 valence electrons. The molecule has 1 amide bonds. The summed E-state index contributed by atoms with van der Waals surface area (Å²) in [6.07, 6.45) is 7.95. The van der Waals surface area contributed by atoms with Gasteiger partial charge in [0.15, 0.2) is 0 Å². The number of anilines is 2. The molecule has 3 N–H and O–H groups in total. The second-order valence-corrected chi connectivity index (χ2v) is 11.2. The number of amides is 1. The lowest BCUT2D eigenvalue weighted by Crippen LogP contribution is -2.33. The minimum Gasteiger partial charge on any atom is -0.491 e. The molecular formula is C28H40Br2N4O3. The first-order chi connectivity index (χ1) is 17.9. The minimum absolute atomic E-state index is 0.0772. The maximum absolute atomic E-state index is 11.1. The topological polar surface area (TPSA) is 80.1 Å². The van der Waals surface area contributed by atoms with Gasteiger partial charge >= 0.3 is 0 Å². The lowest BCUT2D eigenvalue weighted by atomic mass is 10.1. The van der Waals surface area contributed by atoms with E-state index in [4.69, 9.17) is 15.2 Å². The Morgan fingerprint density at radius 3 is 1.81 bits per heavy atom. The quantitative estimate of drug-likeness (QED) is 0.320. The van der Waals surface area contributed by atoms with Crippen molar-refractivity contribution in [3.05, 3.63) is 45.3 Å². The number of ether oxygens (including phenoxy) is 2. The number of halogens is 2. The van der Waals surface area contributed by atoms with Crippen LogP contribution in [0.25, 0.3) is 0 Å². The number of hydrogen-bond acceptors (Lipinski definition) is 6. The van der Waals surface area contributed by atoms with Crippen molar-refractivity contribution in [1.82, 2.24) is 9.80 Å². The predicted molar refractivity (Wildman–Crippen MR) is 159 cm³/mol. The number of likely N-dealkylation sites (tertiary alicyclic amines) is 2. The van der Waals surface area contributed by atoms with Crippen LogP contribution in [0.2, 0.25) is 0 Å². The Bertz CT molecular complexity index is 980. The van der Waals surface area contributed by atoms with Crippen LogP contribution in [0.1, 0.15) is 45.4 Å². The van der Waals surface area contributed by atoms with E-state index in [0.717, 1.165) is 51.5 Å². The number of nitrogens with one attached hydrogen (secondary N) is 1. The molecule has 0 radical (unpaired) electrons. The molecule has 37 heavy (non-hydrogen) atoms. The Balaban J connectivity index is 0.000000208. The molecule has 2 aliphatic rings. The van der Waals surface area contributed by atoms with Crippen LogP contribution in [0.3, 0.4) is 0 Å². The van der Waals surface area contributed by atoms with Crippen LogP contribution in [0.15, 0.2) is 45.3 Å². The molecule has 2 saturated heterocycles. The van der Waals surface area contributed by atoms with Gasteiger partial charge in [0.25, 0.3) is 0 Å². The zero-order chi connectivity index (χ0) is 26.5. The first-order valence-electron chi connectivity index (χ1n) is 13.2. The fourth-order valence-electron chi connectivity index (χ4n) is 4.46. The highest BCUT2D eigenvalue weighted by Gasteiger charge is 2.11. The van der Waals surface area contributed by atoms with Gasteiger partial charge in [-0.15, -0.1) is 0 Å². The van der Waals surface area contributed by atoms with Crippen molar-refractivity contribution < 1.29 is 14.3 Å². The standard InChI is InChI=1S/C15H21BrN2O2.C13H19BrN2O/c1-12(19)17-13-5-6-14(16)15(11-13)20-10-9-18-7-3-2-4-8-18;14-12-5-4-11(15)10-13(12)17-9-8-16-6-2-1-3-7-16/h5-6,11H,2-4,7-10H2,1H3,(H,17,19);4-5,10H,1-3,6-9,15H2. The Morgan fingerprint density at radius 1 is 0.811 bits per heavy atom. The summed E-state index contributed by atoms with van der Waals surface area (Å²) in [6, 6.07) is 11.2. The Labute approximate surface area is 238 Å². The number of piperidine rings is 2. The lowest BCUT2D eigenvalue weighted by Gasteiger charge is -2.26. The van der Waals surface area contributed by atoms with E-state index in [1.165, 1.54) is 71.6 Å². The van der Waals surface area contributed by atoms with Crippen molar-refractivity contribution in [2.45, 2.75) is 45.4 Å². The zero-order valence-corrected chi connectivity index (χ0v) is 25.0. The fraction of sp³-hybridized carbons (Fsp3) is 0.536. The van der Waals surface area contributed by atoms with Crippen molar-refractivity contribution >= 4 is 49.1 Å². The van der Waals surface area contributed by atoms with E-state index >= 15 is 0 Å². The highest BCUT2D eigenvalue weighted by atomic mass is 79.9. The molecule has 2 heterocycles. The molecule has 0 atom stereocenters. The van der Waals surface area contributed by atoms with Gasteiger partial charge in [-0.1, -0.05) is 12.8 Å². The fourth-order valence-corrected chi connectivity index (χ4v) is 5.18. The third-order valence-corrected chi connectivity index (χ3v) is 7.74. The molecule has 2 aliphatic heterocycles. The Hall–Kier alpha value is -1.81. The van der Waals surface area contributed by atoms with E-state index in [9.17, 15) is 4.79 Å². The van der Waals surface area contributed by atoms with Gasteiger partial charge in [-0.3, -0.25) is 14.6 Å². The van der Waals surface area contributed by atoms with E-state index in [0.29, 0.717) is 6.61 Å². The molecule has 4 rings (SSSR count). The number of carbonyl (C=O) groups excluding carboxylic acids is 1. The molecule has 0 aromatic heterocycles. The molecule has 7 nitrogen and oxygen atoms in total. The Kier molecular flexibility index (Phi) is 13.0. The SMILES string of the molecule is CC(=O)Nc1ccc(Br)c(OCCN2CCCCC2)c1.Nc1ccc(Br)c(OCCN2CCCCC2)c1. The number of rotatable bonds is 9. The van der Waals surface area contributed by atoms with Crippen LogP contribution in [-0.4, -0.2) is 68.2 Å². The number of hydrogen-bond donors (Lipinski definition) is 2. The largest absolute Gasteiger partial charge is 0.491 e. The van der Waals surface area contributed by atoms with Gasteiger partial charge in [-0.25, -0.2) is 0 Å². The van der Waals surface area contributed by atoms with Crippen LogP contribution in [0.4, 0.5) is 11.4 Å². The predicted octanol–water partition coefficient (Wildman–Crippen LogP) is 6.17. The van der Waals surface area contributed by atoms with Gasteiger partial charge in [-0.2, -0.15) is 0 Å². The van der Waals surface area contributed by atoms with Crippen molar-refractivity contribution in [2.75, 3.05) is 63.5 Å². The van der Waals surface area contributed by atoms with Crippen molar-refractivity contribution in [1.29, 1.82) is 0 Å². The van der Waals surface area contributed by atoms with E-state index in [-0.39, 0.29) is 5.91 Å².